The van der Waals surface area contributed by atoms with Crippen LogP contribution in [0.25, 0.3) is 0 Å². The summed E-state index contributed by atoms with van der Waals surface area (Å²) in [7, 11) is -1.90. The molecule has 1 N–H and O–H groups in total. The molecule has 0 heterocycles. The molecule has 0 saturated heterocycles. The van der Waals surface area contributed by atoms with E-state index in [1.165, 1.54) is 19.2 Å². The smallest absolute Gasteiger partial charge is 0.330 e. The van der Waals surface area contributed by atoms with E-state index in [2.05, 4.69) is 6.58 Å². The molecule has 0 saturated carbocycles. The second kappa shape index (κ2) is 6.38. The topological polar surface area (TPSA) is 80.7 Å². The van der Waals surface area contributed by atoms with Crippen molar-refractivity contribution in [1.82, 2.24) is 0 Å². The minimum absolute atomic E-state index is 0.0185. The van der Waals surface area contributed by atoms with E-state index in [9.17, 15) is 13.2 Å². The van der Waals surface area contributed by atoms with Crippen molar-refractivity contribution in [3.63, 3.8) is 0 Å². The van der Waals surface area contributed by atoms with Crippen LogP contribution < -0.4 is 4.74 Å². The van der Waals surface area contributed by atoms with Gasteiger partial charge in [0, 0.05) is 5.57 Å². The quantitative estimate of drug-likeness (QED) is 0.773. The fourth-order valence-corrected chi connectivity index (χ4v) is 2.79. The second-order valence-electron chi connectivity index (χ2n) is 4.01. The lowest BCUT2D eigenvalue weighted by atomic mass is 10.2. The number of hydrogen-bond donors (Lipinski definition) is 1. The SMILES string of the molecule is C=C(CCCS(=O)(=O)c1ccc(OC)cc1)C(=O)O. The maximum absolute atomic E-state index is 12.0. The van der Waals surface area contributed by atoms with Crippen LogP contribution in [0.1, 0.15) is 12.8 Å². The largest absolute Gasteiger partial charge is 0.497 e. The third-order valence-corrected chi connectivity index (χ3v) is 4.43. The highest BCUT2D eigenvalue weighted by molar-refractivity contribution is 7.91. The zero-order valence-corrected chi connectivity index (χ0v) is 11.4. The van der Waals surface area contributed by atoms with Crippen LogP contribution in [0.3, 0.4) is 0 Å². The summed E-state index contributed by atoms with van der Waals surface area (Å²) >= 11 is 0. The van der Waals surface area contributed by atoms with Gasteiger partial charge < -0.3 is 9.84 Å². The molecule has 0 aliphatic rings. The summed E-state index contributed by atoms with van der Waals surface area (Å²) < 4.78 is 28.9. The highest BCUT2D eigenvalue weighted by atomic mass is 32.2. The summed E-state index contributed by atoms with van der Waals surface area (Å²) in [6, 6.07) is 6.09. The minimum atomic E-state index is -3.40. The van der Waals surface area contributed by atoms with Gasteiger partial charge in [-0.2, -0.15) is 0 Å². The standard InChI is InChI=1S/C13H16O5S/c1-10(13(14)15)4-3-9-19(16,17)12-7-5-11(18-2)6-8-12/h5-8H,1,3-4,9H2,2H3,(H,14,15). The molecule has 0 aromatic heterocycles. The zero-order valence-electron chi connectivity index (χ0n) is 10.6. The van der Waals surface area contributed by atoms with E-state index in [0.717, 1.165) is 0 Å². The summed E-state index contributed by atoms with van der Waals surface area (Å²) in [6.07, 6.45) is 0.393. The molecular formula is C13H16O5S. The van der Waals surface area contributed by atoms with Gasteiger partial charge in [-0.25, -0.2) is 13.2 Å². The van der Waals surface area contributed by atoms with Crippen LogP contribution in [0.4, 0.5) is 0 Å². The van der Waals surface area contributed by atoms with E-state index in [1.807, 2.05) is 0 Å². The fourth-order valence-electron chi connectivity index (χ4n) is 1.48. The highest BCUT2D eigenvalue weighted by Crippen LogP contribution is 2.18. The number of sulfone groups is 1. The van der Waals surface area contributed by atoms with Crippen molar-refractivity contribution in [1.29, 1.82) is 0 Å². The van der Waals surface area contributed by atoms with Crippen molar-refractivity contribution in [2.75, 3.05) is 12.9 Å². The van der Waals surface area contributed by atoms with Crippen LogP contribution in [0.15, 0.2) is 41.3 Å². The Balaban J connectivity index is 2.65. The molecule has 0 radical (unpaired) electrons. The van der Waals surface area contributed by atoms with Gasteiger partial charge in [0.05, 0.1) is 17.8 Å². The van der Waals surface area contributed by atoms with Crippen molar-refractivity contribution in [3.8, 4) is 5.75 Å². The van der Waals surface area contributed by atoms with E-state index in [4.69, 9.17) is 9.84 Å². The van der Waals surface area contributed by atoms with E-state index in [0.29, 0.717) is 5.75 Å². The average molecular weight is 284 g/mol. The van der Waals surface area contributed by atoms with Crippen LogP contribution in [0, 0.1) is 0 Å². The Labute approximate surface area is 112 Å². The van der Waals surface area contributed by atoms with E-state index in [-0.39, 0.29) is 29.1 Å². The zero-order chi connectivity index (χ0) is 14.5. The van der Waals surface area contributed by atoms with Crippen molar-refractivity contribution in [2.24, 2.45) is 0 Å². The second-order valence-corrected chi connectivity index (χ2v) is 6.12. The molecule has 0 amide bonds. The van der Waals surface area contributed by atoms with Gasteiger partial charge in [0.15, 0.2) is 9.84 Å². The van der Waals surface area contributed by atoms with Gasteiger partial charge in [-0.05, 0) is 37.1 Å². The summed E-state index contributed by atoms with van der Waals surface area (Å²) in [5, 5.41) is 8.62. The summed E-state index contributed by atoms with van der Waals surface area (Å²) in [4.78, 5) is 10.7. The predicted molar refractivity (Wildman–Crippen MR) is 71.1 cm³/mol. The average Bonchev–Trinajstić information content (AvgIpc) is 2.38. The minimum Gasteiger partial charge on any atom is -0.497 e. The number of ether oxygens (including phenoxy) is 1. The van der Waals surface area contributed by atoms with Gasteiger partial charge in [-0.15, -0.1) is 0 Å². The maximum Gasteiger partial charge on any atom is 0.330 e. The van der Waals surface area contributed by atoms with Gasteiger partial charge in [-0.3, -0.25) is 0 Å². The van der Waals surface area contributed by atoms with Gasteiger partial charge in [-0.1, -0.05) is 6.58 Å². The number of aliphatic carboxylic acids is 1. The molecule has 0 bridgehead atoms. The van der Waals surface area contributed by atoms with Gasteiger partial charge in [0.1, 0.15) is 5.75 Å². The Morgan fingerprint density at radius 3 is 2.37 bits per heavy atom. The molecule has 19 heavy (non-hydrogen) atoms. The Morgan fingerprint density at radius 2 is 1.89 bits per heavy atom. The Morgan fingerprint density at radius 1 is 1.32 bits per heavy atom. The maximum atomic E-state index is 12.0. The monoisotopic (exact) mass is 284 g/mol. The molecule has 0 spiro atoms. The molecule has 104 valence electrons. The van der Waals surface area contributed by atoms with Crippen LogP contribution in [0.2, 0.25) is 0 Å². The lowest BCUT2D eigenvalue weighted by molar-refractivity contribution is -0.132. The number of carbonyl (C=O) groups is 1. The number of rotatable bonds is 7. The van der Waals surface area contributed by atoms with E-state index >= 15 is 0 Å². The van der Waals surface area contributed by atoms with E-state index < -0.39 is 15.8 Å². The van der Waals surface area contributed by atoms with Crippen LogP contribution in [-0.2, 0) is 14.6 Å². The first-order valence-electron chi connectivity index (χ1n) is 5.64. The summed E-state index contributed by atoms with van der Waals surface area (Å²) in [6.45, 7) is 3.36. The number of methoxy groups -OCH3 is 1. The number of benzene rings is 1. The lowest BCUT2D eigenvalue weighted by Crippen LogP contribution is -2.08. The van der Waals surface area contributed by atoms with Gasteiger partial charge >= 0.3 is 5.97 Å². The van der Waals surface area contributed by atoms with Crippen molar-refractivity contribution in [2.45, 2.75) is 17.7 Å². The van der Waals surface area contributed by atoms with Gasteiger partial charge in [0.2, 0.25) is 0 Å². The van der Waals surface area contributed by atoms with Gasteiger partial charge in [0.25, 0.3) is 0 Å². The molecule has 0 atom stereocenters. The number of carboxylic acid groups (broad SMARTS) is 1. The first-order chi connectivity index (χ1) is 8.86. The summed E-state index contributed by atoms with van der Waals surface area (Å²) in [5.41, 5.74) is 0.0185. The molecule has 6 heteroatoms. The first-order valence-corrected chi connectivity index (χ1v) is 7.30. The predicted octanol–water partition coefficient (Wildman–Crippen LogP) is 1.89. The number of carboxylic acids is 1. The van der Waals surface area contributed by atoms with Crippen molar-refractivity contribution in [3.05, 3.63) is 36.4 Å². The molecule has 1 aromatic rings. The fraction of sp³-hybridized carbons (Fsp3) is 0.308. The normalized spacial score (nSPS) is 11.0. The Kier molecular flexibility index (Phi) is 5.11. The molecule has 0 aliphatic heterocycles. The highest BCUT2D eigenvalue weighted by Gasteiger charge is 2.15. The van der Waals surface area contributed by atoms with Crippen LogP contribution in [0.5, 0.6) is 5.75 Å². The first kappa shape index (κ1) is 15.2. The molecule has 5 nitrogen and oxygen atoms in total. The molecule has 1 rings (SSSR count). The molecule has 1 aromatic carbocycles. The molecule has 0 aliphatic carbocycles. The molecule has 0 fully saturated rings. The Bertz CT molecular complexity index is 557. The molecular weight excluding hydrogens is 268 g/mol. The van der Waals surface area contributed by atoms with Crippen LogP contribution >= 0.6 is 0 Å². The van der Waals surface area contributed by atoms with E-state index in [1.54, 1.807) is 12.1 Å². The van der Waals surface area contributed by atoms with Crippen molar-refractivity contribution < 1.29 is 23.1 Å². The Hall–Kier alpha value is -1.82. The lowest BCUT2D eigenvalue weighted by Gasteiger charge is -2.05. The van der Waals surface area contributed by atoms with Crippen LogP contribution in [-0.4, -0.2) is 32.4 Å². The third-order valence-electron chi connectivity index (χ3n) is 2.61. The molecule has 0 unspecified atom stereocenters. The number of hydrogen-bond acceptors (Lipinski definition) is 4. The third kappa shape index (κ3) is 4.40. The summed E-state index contributed by atoms with van der Waals surface area (Å²) in [5.74, 6) is -0.619. The van der Waals surface area contributed by atoms with Crippen molar-refractivity contribution >= 4 is 15.8 Å².